The summed E-state index contributed by atoms with van der Waals surface area (Å²) in [4.78, 5) is 3.16. The molecular formula is C6H4F3IN2. The van der Waals surface area contributed by atoms with Crippen molar-refractivity contribution in [2.75, 3.05) is 5.73 Å². The average Bonchev–Trinajstić information content (AvgIpc) is 1.92. The number of nitrogens with two attached hydrogens (primary N) is 1. The number of hydrogen-bond donors (Lipinski definition) is 1. The Morgan fingerprint density at radius 1 is 1.42 bits per heavy atom. The molecule has 0 aromatic carbocycles. The fraction of sp³-hybridized carbons (Fsp3) is 0.167. The first kappa shape index (κ1) is 9.56. The van der Waals surface area contributed by atoms with E-state index in [1.807, 2.05) is 0 Å². The van der Waals surface area contributed by atoms with Crippen LogP contribution in [0.2, 0.25) is 0 Å². The SMILES string of the molecule is Nc1c(I)ccnc1C(F)(F)F. The lowest BCUT2D eigenvalue weighted by atomic mass is 10.3. The van der Waals surface area contributed by atoms with Crippen LogP contribution in [-0.2, 0) is 6.18 Å². The maximum absolute atomic E-state index is 12.1. The van der Waals surface area contributed by atoms with Gasteiger partial charge in [0.1, 0.15) is 0 Å². The molecule has 0 unspecified atom stereocenters. The molecule has 0 bridgehead atoms. The summed E-state index contributed by atoms with van der Waals surface area (Å²) in [6, 6.07) is 1.42. The third-order valence-electron chi connectivity index (χ3n) is 1.21. The summed E-state index contributed by atoms with van der Waals surface area (Å²) in [6.45, 7) is 0. The molecule has 2 N–H and O–H groups in total. The second kappa shape index (κ2) is 3.08. The molecule has 2 nitrogen and oxygen atoms in total. The highest BCUT2D eigenvalue weighted by Gasteiger charge is 2.35. The Bertz CT molecular complexity index is 297. The van der Waals surface area contributed by atoms with Gasteiger partial charge in [-0.2, -0.15) is 13.2 Å². The van der Waals surface area contributed by atoms with Crippen LogP contribution in [0.4, 0.5) is 18.9 Å². The third kappa shape index (κ3) is 1.79. The first-order chi connectivity index (χ1) is 5.43. The van der Waals surface area contributed by atoms with Gasteiger partial charge in [0.05, 0.1) is 5.69 Å². The molecule has 0 spiro atoms. The van der Waals surface area contributed by atoms with Crippen molar-refractivity contribution in [1.29, 1.82) is 0 Å². The van der Waals surface area contributed by atoms with Crippen LogP contribution in [0.3, 0.4) is 0 Å². The lowest BCUT2D eigenvalue weighted by Crippen LogP contribution is -2.12. The maximum atomic E-state index is 12.1. The van der Waals surface area contributed by atoms with E-state index in [0.29, 0.717) is 3.57 Å². The minimum absolute atomic E-state index is 0.314. The Balaban J connectivity index is 3.26. The van der Waals surface area contributed by atoms with E-state index in [9.17, 15) is 13.2 Å². The van der Waals surface area contributed by atoms with Crippen LogP contribution >= 0.6 is 22.6 Å². The minimum Gasteiger partial charge on any atom is -0.396 e. The van der Waals surface area contributed by atoms with E-state index in [1.54, 1.807) is 22.6 Å². The van der Waals surface area contributed by atoms with E-state index >= 15 is 0 Å². The van der Waals surface area contributed by atoms with Crippen LogP contribution in [0.1, 0.15) is 5.69 Å². The third-order valence-corrected chi connectivity index (χ3v) is 2.15. The Hall–Kier alpha value is -0.530. The zero-order valence-electron chi connectivity index (χ0n) is 5.69. The van der Waals surface area contributed by atoms with Crippen molar-refractivity contribution in [3.8, 4) is 0 Å². The fourth-order valence-electron chi connectivity index (χ4n) is 0.676. The monoisotopic (exact) mass is 288 g/mol. The highest BCUT2D eigenvalue weighted by atomic mass is 127. The van der Waals surface area contributed by atoms with Gasteiger partial charge in [-0.1, -0.05) is 0 Å². The van der Waals surface area contributed by atoms with Crippen molar-refractivity contribution in [2.24, 2.45) is 0 Å². The Kier molecular flexibility index (Phi) is 2.45. The summed E-state index contributed by atoms with van der Waals surface area (Å²) >= 11 is 1.72. The molecular weight excluding hydrogens is 284 g/mol. The molecule has 0 fully saturated rings. The van der Waals surface area contributed by atoms with Crippen LogP contribution in [0, 0.1) is 3.57 Å². The van der Waals surface area contributed by atoms with Crippen LogP contribution < -0.4 is 5.73 Å². The molecule has 1 rings (SSSR count). The molecule has 0 amide bonds. The molecule has 1 heterocycles. The number of nitrogens with zero attached hydrogens (tertiary/aromatic N) is 1. The van der Waals surface area contributed by atoms with Gasteiger partial charge in [0.15, 0.2) is 5.69 Å². The van der Waals surface area contributed by atoms with E-state index in [2.05, 4.69) is 4.98 Å². The summed E-state index contributed by atoms with van der Waals surface area (Å²) in [5.74, 6) is 0. The van der Waals surface area contributed by atoms with Gasteiger partial charge in [-0.15, -0.1) is 0 Å². The van der Waals surface area contributed by atoms with Gasteiger partial charge in [0.25, 0.3) is 0 Å². The number of hydrogen-bond acceptors (Lipinski definition) is 2. The predicted molar refractivity (Wildman–Crippen MR) is 46.4 cm³/mol. The highest BCUT2D eigenvalue weighted by molar-refractivity contribution is 14.1. The summed E-state index contributed by atoms with van der Waals surface area (Å²) in [6.07, 6.45) is -3.38. The molecule has 6 heteroatoms. The molecule has 0 aliphatic heterocycles. The molecule has 0 saturated heterocycles. The predicted octanol–water partition coefficient (Wildman–Crippen LogP) is 2.29. The number of anilines is 1. The number of pyridine rings is 1. The van der Waals surface area contributed by atoms with E-state index in [1.165, 1.54) is 6.07 Å². The Morgan fingerprint density at radius 2 is 2.00 bits per heavy atom. The van der Waals surface area contributed by atoms with Crippen molar-refractivity contribution < 1.29 is 13.2 Å². The van der Waals surface area contributed by atoms with Crippen LogP contribution in [0.5, 0.6) is 0 Å². The van der Waals surface area contributed by atoms with Crippen molar-refractivity contribution >= 4 is 28.3 Å². The molecule has 66 valence electrons. The Labute approximate surface area is 80.1 Å². The number of aromatic nitrogens is 1. The highest BCUT2D eigenvalue weighted by Crippen LogP contribution is 2.33. The zero-order chi connectivity index (χ0) is 9.35. The molecule has 0 radical (unpaired) electrons. The molecule has 0 aliphatic rings. The lowest BCUT2D eigenvalue weighted by Gasteiger charge is -2.08. The van der Waals surface area contributed by atoms with Gasteiger partial charge in [-0.05, 0) is 28.7 Å². The van der Waals surface area contributed by atoms with E-state index in [-0.39, 0.29) is 5.69 Å². The molecule has 0 aliphatic carbocycles. The number of alkyl halides is 3. The van der Waals surface area contributed by atoms with Gasteiger partial charge in [0.2, 0.25) is 0 Å². The fourth-order valence-corrected chi connectivity index (χ4v) is 1.09. The van der Waals surface area contributed by atoms with Gasteiger partial charge in [-0.3, -0.25) is 0 Å². The van der Waals surface area contributed by atoms with Crippen molar-refractivity contribution in [1.82, 2.24) is 4.98 Å². The van der Waals surface area contributed by atoms with Gasteiger partial charge in [-0.25, -0.2) is 4.98 Å². The summed E-state index contributed by atoms with van der Waals surface area (Å²) < 4.78 is 36.6. The maximum Gasteiger partial charge on any atom is 0.435 e. The Morgan fingerprint density at radius 3 is 2.42 bits per heavy atom. The molecule has 1 aromatic heterocycles. The number of halogens is 4. The van der Waals surface area contributed by atoms with E-state index in [0.717, 1.165) is 6.20 Å². The zero-order valence-corrected chi connectivity index (χ0v) is 7.85. The first-order valence-corrected chi connectivity index (χ1v) is 3.98. The van der Waals surface area contributed by atoms with Gasteiger partial charge < -0.3 is 5.73 Å². The first-order valence-electron chi connectivity index (χ1n) is 2.90. The van der Waals surface area contributed by atoms with E-state index in [4.69, 9.17) is 5.73 Å². The van der Waals surface area contributed by atoms with Crippen LogP contribution in [-0.4, -0.2) is 4.98 Å². The number of rotatable bonds is 0. The normalized spacial score (nSPS) is 11.7. The molecule has 0 atom stereocenters. The van der Waals surface area contributed by atoms with Crippen molar-refractivity contribution in [3.63, 3.8) is 0 Å². The summed E-state index contributed by atoms with van der Waals surface area (Å²) in [7, 11) is 0. The lowest BCUT2D eigenvalue weighted by molar-refractivity contribution is -0.140. The summed E-state index contributed by atoms with van der Waals surface area (Å²) in [5.41, 5.74) is 3.85. The largest absolute Gasteiger partial charge is 0.435 e. The smallest absolute Gasteiger partial charge is 0.396 e. The number of nitrogen functional groups attached to an aromatic ring is 1. The molecule has 1 aromatic rings. The van der Waals surface area contributed by atoms with Gasteiger partial charge in [0, 0.05) is 9.77 Å². The standard InChI is InChI=1S/C6H4F3IN2/c7-6(8,9)5-4(11)3(10)1-2-12-5/h1-2H,11H2. The van der Waals surface area contributed by atoms with Crippen LogP contribution in [0.15, 0.2) is 12.3 Å². The second-order valence-corrected chi connectivity index (χ2v) is 3.22. The molecule has 0 saturated carbocycles. The van der Waals surface area contributed by atoms with Crippen molar-refractivity contribution in [2.45, 2.75) is 6.18 Å². The van der Waals surface area contributed by atoms with Crippen molar-refractivity contribution in [3.05, 3.63) is 21.5 Å². The topological polar surface area (TPSA) is 38.9 Å². The van der Waals surface area contributed by atoms with Crippen LogP contribution in [0.25, 0.3) is 0 Å². The quantitative estimate of drug-likeness (QED) is 0.744. The summed E-state index contributed by atoms with van der Waals surface area (Å²) in [5, 5.41) is 0. The second-order valence-electron chi connectivity index (χ2n) is 2.05. The molecule has 12 heavy (non-hydrogen) atoms. The van der Waals surface area contributed by atoms with E-state index < -0.39 is 11.9 Å². The minimum atomic E-state index is -4.47. The average molecular weight is 288 g/mol. The van der Waals surface area contributed by atoms with Gasteiger partial charge >= 0.3 is 6.18 Å².